The van der Waals surface area contributed by atoms with Crippen LogP contribution in [0.5, 0.6) is 0 Å². The summed E-state index contributed by atoms with van der Waals surface area (Å²) in [6, 6.07) is 3.87. The van der Waals surface area contributed by atoms with Gasteiger partial charge in [0.05, 0.1) is 0 Å². The van der Waals surface area contributed by atoms with Crippen molar-refractivity contribution in [2.75, 3.05) is 19.6 Å². The number of hydrogen-bond acceptors (Lipinski definition) is 3. The average molecular weight is 385 g/mol. The first-order chi connectivity index (χ1) is 12.2. The number of rotatable bonds is 9. The Morgan fingerprint density at radius 2 is 1.85 bits per heavy atom. The Bertz CT molecular complexity index is 741. The van der Waals surface area contributed by atoms with Crippen molar-refractivity contribution in [3.63, 3.8) is 0 Å². The number of hydrogen-bond donors (Lipinski definition) is 0. The van der Waals surface area contributed by atoms with E-state index in [4.69, 9.17) is 0 Å². The summed E-state index contributed by atoms with van der Waals surface area (Å²) in [5, 5.41) is 0. The van der Waals surface area contributed by atoms with Crippen LogP contribution in [0.15, 0.2) is 23.1 Å². The van der Waals surface area contributed by atoms with Crippen LogP contribution in [0.2, 0.25) is 0 Å². The number of halogens is 1. The highest BCUT2D eigenvalue weighted by atomic mass is 32.2. The number of nitrogens with zero attached hydrogens (tertiary/aromatic N) is 2. The summed E-state index contributed by atoms with van der Waals surface area (Å²) in [6.45, 7) is 8.74. The van der Waals surface area contributed by atoms with Crippen molar-refractivity contribution in [2.45, 2.75) is 57.9 Å². The quantitative estimate of drug-likeness (QED) is 0.655. The number of carbonyl (C=O) groups excluding carboxylic acids is 1. The van der Waals surface area contributed by atoms with Gasteiger partial charge in [-0.2, -0.15) is 4.31 Å². The van der Waals surface area contributed by atoms with Crippen molar-refractivity contribution in [2.24, 2.45) is 5.92 Å². The second kappa shape index (κ2) is 8.48. The molecule has 1 aromatic carbocycles. The average Bonchev–Trinajstić information content (AvgIpc) is 3.40. The molecule has 1 aliphatic rings. The highest BCUT2D eigenvalue weighted by Crippen LogP contribution is 2.30. The number of amides is 1. The van der Waals surface area contributed by atoms with E-state index in [1.165, 1.54) is 16.4 Å². The van der Waals surface area contributed by atoms with Crippen LogP contribution < -0.4 is 0 Å². The van der Waals surface area contributed by atoms with Crippen molar-refractivity contribution in [1.29, 1.82) is 0 Å². The molecule has 7 heteroatoms. The first kappa shape index (κ1) is 20.8. The van der Waals surface area contributed by atoms with Gasteiger partial charge in [-0.3, -0.25) is 4.79 Å². The Morgan fingerprint density at radius 3 is 2.35 bits per heavy atom. The van der Waals surface area contributed by atoms with Crippen molar-refractivity contribution in [1.82, 2.24) is 9.21 Å². The summed E-state index contributed by atoms with van der Waals surface area (Å²) >= 11 is 0. The molecule has 0 N–H and O–H groups in total. The molecule has 0 aromatic heterocycles. The molecule has 2 rings (SSSR count). The maximum absolute atomic E-state index is 14.3. The molecule has 0 spiro atoms. The van der Waals surface area contributed by atoms with E-state index in [1.54, 1.807) is 18.7 Å². The normalized spacial score (nSPS) is 14.9. The fourth-order valence-electron chi connectivity index (χ4n) is 2.94. The van der Waals surface area contributed by atoms with Crippen molar-refractivity contribution in [3.05, 3.63) is 29.6 Å². The number of sulfonamides is 1. The first-order valence-electron chi connectivity index (χ1n) is 9.33. The predicted octanol–water partition coefficient (Wildman–Crippen LogP) is 3.51. The molecule has 0 bridgehead atoms. The van der Waals surface area contributed by atoms with Gasteiger partial charge in [-0.15, -0.1) is 0 Å². The van der Waals surface area contributed by atoms with Gasteiger partial charge in [0.15, 0.2) is 0 Å². The monoisotopic (exact) mass is 384 g/mol. The SMILES string of the molecule is CCN(CC)S(=O)(=O)c1cc(C(=O)N(CCC(C)C)C2CC2)ccc1F. The van der Waals surface area contributed by atoms with Gasteiger partial charge < -0.3 is 4.90 Å². The van der Waals surface area contributed by atoms with E-state index < -0.39 is 20.7 Å². The van der Waals surface area contributed by atoms with Crippen LogP contribution in [-0.2, 0) is 10.0 Å². The lowest BCUT2D eigenvalue weighted by Crippen LogP contribution is -2.35. The van der Waals surface area contributed by atoms with Gasteiger partial charge in [0.2, 0.25) is 10.0 Å². The van der Waals surface area contributed by atoms with Gasteiger partial charge >= 0.3 is 0 Å². The van der Waals surface area contributed by atoms with Crippen molar-refractivity contribution >= 4 is 15.9 Å². The molecular formula is C19H29FN2O3S. The molecule has 0 heterocycles. The molecule has 1 aromatic rings. The highest BCUT2D eigenvalue weighted by Gasteiger charge is 2.34. The van der Waals surface area contributed by atoms with Gasteiger partial charge in [0, 0.05) is 31.2 Å². The van der Waals surface area contributed by atoms with Crippen LogP contribution in [0.25, 0.3) is 0 Å². The minimum atomic E-state index is -3.96. The zero-order valence-corrected chi connectivity index (χ0v) is 16.9. The largest absolute Gasteiger partial charge is 0.336 e. The Balaban J connectivity index is 2.34. The van der Waals surface area contributed by atoms with Crippen LogP contribution in [-0.4, -0.2) is 49.2 Å². The molecule has 0 aliphatic heterocycles. The van der Waals surface area contributed by atoms with E-state index in [-0.39, 0.29) is 30.6 Å². The molecule has 1 aliphatic carbocycles. The van der Waals surface area contributed by atoms with Crippen molar-refractivity contribution in [3.8, 4) is 0 Å². The Labute approximate surface area is 156 Å². The molecule has 146 valence electrons. The Kier molecular flexibility index (Phi) is 6.80. The Morgan fingerprint density at radius 1 is 1.23 bits per heavy atom. The van der Waals surface area contributed by atoms with E-state index in [9.17, 15) is 17.6 Å². The fraction of sp³-hybridized carbons (Fsp3) is 0.632. The van der Waals surface area contributed by atoms with Crippen molar-refractivity contribution < 1.29 is 17.6 Å². The van der Waals surface area contributed by atoms with Gasteiger partial charge in [0.1, 0.15) is 10.7 Å². The van der Waals surface area contributed by atoms with E-state index in [0.717, 1.165) is 25.3 Å². The molecule has 5 nitrogen and oxygen atoms in total. The van der Waals surface area contributed by atoms with E-state index in [1.807, 2.05) is 0 Å². The van der Waals surface area contributed by atoms with Gasteiger partial charge in [-0.1, -0.05) is 27.7 Å². The minimum Gasteiger partial charge on any atom is -0.336 e. The molecular weight excluding hydrogens is 355 g/mol. The molecule has 0 unspecified atom stereocenters. The molecule has 26 heavy (non-hydrogen) atoms. The third kappa shape index (κ3) is 4.62. The van der Waals surface area contributed by atoms with Crippen LogP contribution in [0, 0.1) is 11.7 Å². The lowest BCUT2D eigenvalue weighted by molar-refractivity contribution is 0.0735. The molecule has 1 amide bonds. The highest BCUT2D eigenvalue weighted by molar-refractivity contribution is 7.89. The van der Waals surface area contributed by atoms with Gasteiger partial charge in [0.25, 0.3) is 5.91 Å². The minimum absolute atomic E-state index is 0.217. The smallest absolute Gasteiger partial charge is 0.254 e. The summed E-state index contributed by atoms with van der Waals surface area (Å²) in [7, 11) is -3.96. The number of carbonyl (C=O) groups is 1. The second-order valence-electron chi connectivity index (χ2n) is 7.15. The van der Waals surface area contributed by atoms with Gasteiger partial charge in [-0.05, 0) is 43.4 Å². The lowest BCUT2D eigenvalue weighted by atomic mass is 10.1. The molecule has 0 saturated heterocycles. The Hall–Kier alpha value is -1.47. The van der Waals surface area contributed by atoms with Crippen LogP contribution >= 0.6 is 0 Å². The van der Waals surface area contributed by atoms with Gasteiger partial charge in [-0.25, -0.2) is 12.8 Å². The fourth-order valence-corrected chi connectivity index (χ4v) is 4.48. The summed E-state index contributed by atoms with van der Waals surface area (Å²) in [5.41, 5.74) is 0.229. The van der Waals surface area contributed by atoms with E-state index in [2.05, 4.69) is 13.8 Å². The van der Waals surface area contributed by atoms with Crippen LogP contribution in [0.4, 0.5) is 4.39 Å². The summed E-state index contributed by atoms with van der Waals surface area (Å²) in [5.74, 6) is -0.575. The second-order valence-corrected chi connectivity index (χ2v) is 9.05. The van der Waals surface area contributed by atoms with Crippen LogP contribution in [0.3, 0.4) is 0 Å². The van der Waals surface area contributed by atoms with Crippen LogP contribution in [0.1, 0.15) is 57.3 Å². The molecule has 0 atom stereocenters. The summed E-state index contributed by atoms with van der Waals surface area (Å²) < 4.78 is 40.8. The topological polar surface area (TPSA) is 57.7 Å². The third-order valence-electron chi connectivity index (χ3n) is 4.70. The molecule has 0 radical (unpaired) electrons. The van der Waals surface area contributed by atoms with E-state index in [0.29, 0.717) is 12.5 Å². The third-order valence-corrected chi connectivity index (χ3v) is 6.76. The first-order valence-corrected chi connectivity index (χ1v) is 10.8. The van der Waals surface area contributed by atoms with E-state index >= 15 is 0 Å². The lowest BCUT2D eigenvalue weighted by Gasteiger charge is -2.24. The number of benzene rings is 1. The standard InChI is InChI=1S/C19H29FN2O3S/c1-5-21(6-2)26(24,25)18-13-15(7-10-17(18)20)19(23)22(16-8-9-16)12-11-14(3)4/h7,10,13-14,16H,5-6,8-9,11-12H2,1-4H3. The molecule has 1 fully saturated rings. The maximum atomic E-state index is 14.3. The summed E-state index contributed by atoms with van der Waals surface area (Å²) in [4.78, 5) is 14.3. The zero-order valence-electron chi connectivity index (χ0n) is 16.0. The molecule has 1 saturated carbocycles. The maximum Gasteiger partial charge on any atom is 0.254 e. The predicted molar refractivity (Wildman–Crippen MR) is 100 cm³/mol. The summed E-state index contributed by atoms with van der Waals surface area (Å²) in [6.07, 6.45) is 2.82. The zero-order chi connectivity index (χ0) is 19.5.